The molecule has 0 aliphatic carbocycles. The number of halogens is 6. The average molecular weight is 1770 g/mol. The molecular weight excluding hydrogens is 1700 g/mol. The summed E-state index contributed by atoms with van der Waals surface area (Å²) in [6.07, 6.45) is 14.9. The summed E-state index contributed by atoms with van der Waals surface area (Å²) in [5, 5.41) is 15.9. The van der Waals surface area contributed by atoms with Gasteiger partial charge < -0.3 is 42.1 Å². The number of rotatable bonds is 11. The number of piperazine rings is 2. The van der Waals surface area contributed by atoms with Gasteiger partial charge in [0.05, 0.1) is 0 Å². The number of ketones is 1. The first-order valence-corrected chi connectivity index (χ1v) is 44.8. The van der Waals surface area contributed by atoms with Crippen LogP contribution in [-0.4, -0.2) is 120 Å². The summed E-state index contributed by atoms with van der Waals surface area (Å²) >= 11 is 9.54. The molecule has 0 radical (unpaired) electrons. The van der Waals surface area contributed by atoms with Crippen molar-refractivity contribution in [2.45, 2.75) is 45.9 Å². The number of aliphatic imine (C=N–C) groups is 2. The molecule has 7 N–H and O–H groups in total. The molecule has 6 heterocycles. The fourth-order valence-electron chi connectivity index (χ4n) is 8.69. The number of carbonyl (C=O) groups is 2. The van der Waals surface area contributed by atoms with Gasteiger partial charge in [0.25, 0.3) is 5.91 Å². The average Bonchev–Trinajstić information content (AvgIpc) is 3.48. The number of benzene rings is 4. The molecule has 4 aliphatic rings. The Kier molecular flexibility index (Phi) is 31.1. The van der Waals surface area contributed by atoms with Gasteiger partial charge in [-0.25, -0.2) is 9.98 Å². The molecule has 16 nitrogen and oxygen atoms in total. The Labute approximate surface area is 548 Å². The van der Waals surface area contributed by atoms with Crippen molar-refractivity contribution in [3.63, 3.8) is 0 Å². The van der Waals surface area contributed by atoms with E-state index in [0.717, 1.165) is 116 Å². The number of carbonyl (C=O) groups excluding carboxylic acids is 2. The van der Waals surface area contributed by atoms with Gasteiger partial charge in [0, 0.05) is 174 Å². The molecule has 6 aromatic rings. The minimum atomic E-state index is -0.131. The maximum absolute atomic E-state index is 12.9. The van der Waals surface area contributed by atoms with E-state index in [2.05, 4.69) is 174 Å². The number of nitrogens with zero attached hydrogens (tertiary/aromatic N) is 8. The number of pyridine rings is 2. The van der Waals surface area contributed by atoms with Crippen molar-refractivity contribution < 1.29 is 22.8 Å². The Morgan fingerprint density at radius 2 is 1.06 bits per heavy atom. The number of guanidine groups is 2. The summed E-state index contributed by atoms with van der Waals surface area (Å²) in [7, 11) is 4.33. The number of likely N-dealkylation sites (N-methyl/N-ethyl adjacent to an activating group) is 2. The molecule has 10 rings (SSSR count). The Morgan fingerprint density at radius 1 is 0.630 bits per heavy atom. The first kappa shape index (κ1) is 68.1. The summed E-state index contributed by atoms with van der Waals surface area (Å²) in [4.78, 5) is 51.5. The summed E-state index contributed by atoms with van der Waals surface area (Å²) < 4.78 is 0. The number of aromatic nitrogens is 2. The van der Waals surface area contributed by atoms with Crippen LogP contribution in [0.1, 0.15) is 73.1 Å². The molecule has 2 aromatic heterocycles. The second-order valence-electron chi connectivity index (χ2n) is 19.4. The number of nitrogens with two attached hydrogens (primary N) is 1. The van der Waals surface area contributed by atoms with E-state index >= 15 is 0 Å². The van der Waals surface area contributed by atoms with E-state index in [0.29, 0.717) is 30.7 Å². The number of aryl methyl sites for hydroxylation is 2. The van der Waals surface area contributed by atoms with E-state index < -0.39 is 0 Å². The second kappa shape index (κ2) is 36.9. The maximum atomic E-state index is 12.9. The zero-order valence-corrected chi connectivity index (χ0v) is 59.1. The Balaban J connectivity index is 0.000000232. The summed E-state index contributed by atoms with van der Waals surface area (Å²) in [5.74, 6) is 1.34. The molecule has 2 atom stereocenters. The predicted molar refractivity (Wildman–Crippen MR) is 375 cm³/mol. The van der Waals surface area contributed by atoms with Crippen LogP contribution in [-0.2, 0) is 13.1 Å². The van der Waals surface area contributed by atoms with Crippen molar-refractivity contribution >= 4 is 145 Å². The van der Waals surface area contributed by atoms with Gasteiger partial charge in [0.1, 0.15) is 12.1 Å². The Bertz CT molecular complexity index is 2990. The standard InChI is InChI=1S/C29H33N7O.C16H17N5.C14H20N2O.I3.I2.HI/c1-21-5-10-25(18-27(21)34-29-31-13-11-26(33-29)24-4-3-12-30-19-24)32-28(37)23-8-6-22(7-9-23)20-36-16-14-35(2)15-17-36;1-11-4-5-13(17)9-15(11)21-16-19-8-6-14(20-16)12-3-2-7-18-10-12;1-12(17)14-5-3-13(4-6-14)11-16-9-7-15(2)8-10-16;1-3-2;1-2;/h3-13,18-19,26H,14-17,20H2,1-2H3,(H,32,37)(H2,31,33,34);2-10,14H,17H2,1H3,(H2,19,20,21);3-6H,7-11H2,1-2H3;;;1H/q;;;-1;;. The van der Waals surface area contributed by atoms with E-state index in [1.54, 1.807) is 19.3 Å². The minimum absolute atomic E-state index is 0. The van der Waals surface area contributed by atoms with Crippen LogP contribution in [0.25, 0.3) is 0 Å². The predicted octanol–water partition coefficient (Wildman–Crippen LogP) is 9.42. The number of nitrogen functional groups attached to an aromatic ring is 1. The van der Waals surface area contributed by atoms with Crippen LogP contribution in [0.15, 0.2) is 169 Å². The van der Waals surface area contributed by atoms with Crippen molar-refractivity contribution in [2.75, 3.05) is 88.1 Å². The SMILES string of the molecule is CC(=O)c1ccc(CN2CCN(C)CC2)cc1.Cc1ccc(N)cc1NC1=NC(c2cccnc2)C=CN1.Cc1ccc(NC(=O)c2ccc(CN3CCN(C)CC3)cc2)cc1NC1=NC(c2cccnc2)C=CN1.I.II.I[I-]I. The zero-order valence-electron chi connectivity index (χ0n) is 46.0. The Hall–Kier alpha value is -3.64. The molecule has 4 aromatic carbocycles. The third-order valence-corrected chi connectivity index (χ3v) is 13.4. The van der Waals surface area contributed by atoms with Crippen LogP contribution in [0, 0.1) is 13.8 Å². The third kappa shape index (κ3) is 23.4. The van der Waals surface area contributed by atoms with Crippen molar-refractivity contribution in [2.24, 2.45) is 9.98 Å². The van der Waals surface area contributed by atoms with Gasteiger partial charge in [0.15, 0.2) is 5.78 Å². The molecule has 2 saturated heterocycles. The van der Waals surface area contributed by atoms with Crippen molar-refractivity contribution in [1.29, 1.82) is 0 Å². The van der Waals surface area contributed by atoms with Gasteiger partial charge in [0.2, 0.25) is 11.9 Å². The molecule has 0 bridgehead atoms. The Morgan fingerprint density at radius 3 is 1.49 bits per heavy atom. The fraction of sp³-hybridized carbons (Fsp3) is 0.288. The van der Waals surface area contributed by atoms with Crippen molar-refractivity contribution in [1.82, 2.24) is 40.2 Å². The van der Waals surface area contributed by atoms with Crippen LogP contribution in [0.5, 0.6) is 0 Å². The molecule has 1 amide bonds. The molecule has 2 fully saturated rings. The van der Waals surface area contributed by atoms with E-state index in [9.17, 15) is 9.59 Å². The molecule has 4 aliphatic heterocycles. The number of hydrogen-bond acceptors (Lipinski definition) is 15. The normalized spacial score (nSPS) is 16.9. The van der Waals surface area contributed by atoms with Crippen LogP contribution in [0.4, 0.5) is 22.7 Å². The molecule has 432 valence electrons. The summed E-state index contributed by atoms with van der Waals surface area (Å²) in [6, 6.07) is 35.2. The molecule has 0 saturated carbocycles. The van der Waals surface area contributed by atoms with E-state index in [1.165, 1.54) is 11.1 Å². The van der Waals surface area contributed by atoms with E-state index in [4.69, 9.17) is 10.7 Å². The monoisotopic (exact) mass is 1770 g/mol. The van der Waals surface area contributed by atoms with Crippen molar-refractivity contribution in [3.05, 3.63) is 203 Å². The van der Waals surface area contributed by atoms with Crippen LogP contribution in [0.2, 0.25) is 0 Å². The van der Waals surface area contributed by atoms with Gasteiger partial charge in [-0.05, 0) is 129 Å². The van der Waals surface area contributed by atoms with Gasteiger partial charge in [-0.3, -0.25) is 29.4 Å². The molecule has 0 spiro atoms. The number of hydrogen-bond donors (Lipinski definition) is 6. The van der Waals surface area contributed by atoms with Gasteiger partial charge in [-0.1, -0.05) is 60.7 Å². The molecule has 22 heteroatoms. The number of nitrogens with one attached hydrogen (secondary N) is 5. The fourth-order valence-corrected chi connectivity index (χ4v) is 8.69. The van der Waals surface area contributed by atoms with E-state index in [-0.39, 0.29) is 47.8 Å². The topological polar surface area (TPSA) is 184 Å². The molecule has 81 heavy (non-hydrogen) atoms. The quantitative estimate of drug-likeness (QED) is 0.0410. The summed E-state index contributed by atoms with van der Waals surface area (Å²) in [6.45, 7) is 16.4. The first-order chi connectivity index (χ1) is 38.8. The zero-order chi connectivity index (χ0) is 57.2. The van der Waals surface area contributed by atoms with Gasteiger partial charge in [-0.15, -0.1) is 24.0 Å². The van der Waals surface area contributed by atoms with E-state index in [1.807, 2.05) is 136 Å². The number of anilines is 4. The van der Waals surface area contributed by atoms with Crippen LogP contribution < -0.4 is 45.6 Å². The van der Waals surface area contributed by atoms with Crippen LogP contribution in [0.3, 0.4) is 0 Å². The second-order valence-corrected chi connectivity index (χ2v) is 35.6. The number of amides is 1. The molecule has 2 unspecified atom stereocenters. The van der Waals surface area contributed by atoms with Crippen LogP contribution >= 0.6 is 98.4 Å². The van der Waals surface area contributed by atoms with Crippen molar-refractivity contribution in [3.8, 4) is 0 Å². The third-order valence-electron chi connectivity index (χ3n) is 13.4. The first-order valence-electron chi connectivity index (χ1n) is 26.0. The van der Waals surface area contributed by atoms with Gasteiger partial charge in [-0.2, -0.15) is 0 Å². The van der Waals surface area contributed by atoms with Gasteiger partial charge >= 0.3 is 50.5 Å². The number of Topliss-reactive ketones (excluding diaryl/α,β-unsaturated/α-hetero) is 1. The summed E-state index contributed by atoms with van der Waals surface area (Å²) in [5.41, 5.74) is 17.3. The molecular formula is C59H71I6N14O2-.